The molecule has 0 saturated heterocycles. The van der Waals surface area contributed by atoms with Gasteiger partial charge in [-0.1, -0.05) is 35.0 Å². The number of benzene rings is 2. The number of aliphatic hydroxyl groups is 1. The molecule has 1 unspecified atom stereocenters. The molecule has 0 radical (unpaired) electrons. The molecule has 2 aliphatic carbocycles. The van der Waals surface area contributed by atoms with Gasteiger partial charge in [0.15, 0.2) is 0 Å². The molecule has 1 heterocycles. The Hall–Kier alpha value is -2.24. The lowest BCUT2D eigenvalue weighted by atomic mass is 9.76. The Kier molecular flexibility index (Phi) is 5.58. The van der Waals surface area contributed by atoms with Gasteiger partial charge in [-0.15, -0.1) is 0 Å². The van der Waals surface area contributed by atoms with Gasteiger partial charge in [0.1, 0.15) is 0 Å². The molecule has 32 heavy (non-hydrogen) atoms. The summed E-state index contributed by atoms with van der Waals surface area (Å²) in [5.74, 6) is 0.124. The van der Waals surface area contributed by atoms with Crippen LogP contribution in [0.15, 0.2) is 46.9 Å². The van der Waals surface area contributed by atoms with Gasteiger partial charge in [0.2, 0.25) is 5.91 Å². The average molecular weight is 493 g/mol. The lowest BCUT2D eigenvalue weighted by molar-refractivity contribution is 0.0999. The number of nitrogens with zero attached hydrogens (tertiary/aromatic N) is 1. The van der Waals surface area contributed by atoms with E-state index < -0.39 is 5.91 Å². The Morgan fingerprint density at radius 3 is 2.66 bits per heavy atom. The summed E-state index contributed by atoms with van der Waals surface area (Å²) in [7, 11) is 0. The van der Waals surface area contributed by atoms with E-state index in [9.17, 15) is 9.90 Å². The van der Waals surface area contributed by atoms with E-state index in [0.29, 0.717) is 23.3 Å². The van der Waals surface area contributed by atoms with Crippen molar-refractivity contribution in [3.05, 3.63) is 74.9 Å². The first kappa shape index (κ1) is 21.6. The van der Waals surface area contributed by atoms with Crippen LogP contribution in [-0.4, -0.2) is 22.6 Å². The molecule has 3 N–H and O–H groups in total. The first-order valence-corrected chi connectivity index (χ1v) is 12.3. The predicted molar refractivity (Wildman–Crippen MR) is 131 cm³/mol. The largest absolute Gasteiger partial charge is 0.396 e. The number of aliphatic hydroxyl groups excluding tert-OH is 1. The summed E-state index contributed by atoms with van der Waals surface area (Å²) >= 11 is 3.50. The molecular weight excluding hydrogens is 464 g/mol. The number of carbonyl (C=O) groups excluding carboxylic acids is 1. The second-order valence-corrected chi connectivity index (χ2v) is 10.7. The number of hydrogen-bond donors (Lipinski definition) is 2. The van der Waals surface area contributed by atoms with E-state index in [1.807, 2.05) is 30.3 Å². The third-order valence-corrected chi connectivity index (χ3v) is 8.26. The molecule has 5 heteroatoms. The Bertz CT molecular complexity index is 1180. The van der Waals surface area contributed by atoms with Crippen molar-refractivity contribution in [1.82, 2.24) is 4.98 Å². The first-order chi connectivity index (χ1) is 15.4. The SMILES string of the molecule is CC1(C2CCc3nc4ccc(C(N)=O)c([C@H](CCO)c5ccc(Br)cc5)c4cc3C2)CC1. The normalized spacial score (nSPS) is 20.0. The van der Waals surface area contributed by atoms with Gasteiger partial charge in [0, 0.05) is 33.6 Å². The minimum Gasteiger partial charge on any atom is -0.396 e. The molecule has 3 aromatic rings. The fourth-order valence-corrected chi connectivity index (χ4v) is 5.78. The topological polar surface area (TPSA) is 76.2 Å². The zero-order chi connectivity index (χ0) is 22.5. The summed E-state index contributed by atoms with van der Waals surface area (Å²) in [6.07, 6.45) is 6.45. The number of nitrogens with two attached hydrogens (primary N) is 1. The van der Waals surface area contributed by atoms with Crippen LogP contribution in [0.4, 0.5) is 0 Å². The maximum absolute atomic E-state index is 12.5. The van der Waals surface area contributed by atoms with E-state index >= 15 is 0 Å². The Labute approximate surface area is 197 Å². The van der Waals surface area contributed by atoms with Gasteiger partial charge in [-0.05, 0) is 96.9 Å². The summed E-state index contributed by atoms with van der Waals surface area (Å²) in [4.78, 5) is 17.5. The zero-order valence-corrected chi connectivity index (χ0v) is 20.0. The number of rotatable bonds is 6. The summed E-state index contributed by atoms with van der Waals surface area (Å²) < 4.78 is 0.993. The van der Waals surface area contributed by atoms with Crippen LogP contribution >= 0.6 is 15.9 Å². The molecule has 0 aliphatic heterocycles. The summed E-state index contributed by atoms with van der Waals surface area (Å²) in [5, 5.41) is 10.9. The molecule has 4 nitrogen and oxygen atoms in total. The van der Waals surface area contributed by atoms with E-state index in [0.717, 1.165) is 39.3 Å². The molecule has 0 bridgehead atoms. The fourth-order valence-electron chi connectivity index (χ4n) is 5.51. The molecule has 166 valence electrons. The third-order valence-electron chi connectivity index (χ3n) is 7.73. The van der Waals surface area contributed by atoms with Crippen LogP contribution in [0.2, 0.25) is 0 Å². The van der Waals surface area contributed by atoms with Gasteiger partial charge in [-0.2, -0.15) is 0 Å². The number of pyridine rings is 1. The summed E-state index contributed by atoms with van der Waals surface area (Å²) in [6, 6.07) is 14.1. The summed E-state index contributed by atoms with van der Waals surface area (Å²) in [6.45, 7) is 2.44. The molecule has 0 spiro atoms. The van der Waals surface area contributed by atoms with Crippen molar-refractivity contribution in [2.24, 2.45) is 17.1 Å². The van der Waals surface area contributed by atoms with Gasteiger partial charge >= 0.3 is 0 Å². The van der Waals surface area contributed by atoms with Crippen molar-refractivity contribution in [2.45, 2.75) is 51.4 Å². The van der Waals surface area contributed by atoms with Gasteiger partial charge in [-0.25, -0.2) is 0 Å². The smallest absolute Gasteiger partial charge is 0.249 e. The maximum Gasteiger partial charge on any atom is 0.249 e. The molecule has 1 amide bonds. The van der Waals surface area contributed by atoms with Crippen molar-refractivity contribution >= 4 is 32.7 Å². The van der Waals surface area contributed by atoms with Crippen molar-refractivity contribution in [1.29, 1.82) is 0 Å². The molecule has 1 aromatic heterocycles. The average Bonchev–Trinajstić information content (AvgIpc) is 3.54. The van der Waals surface area contributed by atoms with Gasteiger partial charge in [0.05, 0.1) is 5.52 Å². The predicted octanol–water partition coefficient (Wildman–Crippen LogP) is 5.52. The van der Waals surface area contributed by atoms with E-state index in [1.165, 1.54) is 30.5 Å². The minimum absolute atomic E-state index is 0.0219. The zero-order valence-electron chi connectivity index (χ0n) is 18.4. The van der Waals surface area contributed by atoms with Crippen LogP contribution in [0, 0.1) is 11.3 Å². The highest BCUT2D eigenvalue weighted by molar-refractivity contribution is 9.10. The molecule has 1 saturated carbocycles. The molecule has 2 atom stereocenters. The maximum atomic E-state index is 12.5. The van der Waals surface area contributed by atoms with Gasteiger partial charge in [0.25, 0.3) is 0 Å². The number of carbonyl (C=O) groups is 1. The molecule has 1 fully saturated rings. The van der Waals surface area contributed by atoms with Crippen LogP contribution in [0.25, 0.3) is 10.9 Å². The van der Waals surface area contributed by atoms with Crippen LogP contribution < -0.4 is 5.73 Å². The van der Waals surface area contributed by atoms with Crippen molar-refractivity contribution in [3.8, 4) is 0 Å². The van der Waals surface area contributed by atoms with E-state index in [2.05, 4.69) is 28.9 Å². The highest BCUT2D eigenvalue weighted by Crippen LogP contribution is 2.55. The highest BCUT2D eigenvalue weighted by Gasteiger charge is 2.45. The molecule has 5 rings (SSSR count). The van der Waals surface area contributed by atoms with E-state index in [-0.39, 0.29) is 12.5 Å². The number of aryl methyl sites for hydroxylation is 1. The van der Waals surface area contributed by atoms with Crippen LogP contribution in [0.3, 0.4) is 0 Å². The Balaban J connectivity index is 1.69. The quantitative estimate of drug-likeness (QED) is 0.475. The number of amides is 1. The van der Waals surface area contributed by atoms with Crippen LogP contribution in [0.1, 0.15) is 71.3 Å². The standard InChI is InChI=1S/C27H29BrN2O2/c1-27(11-12-27)18-4-8-23-17(14-18)15-22-24(30-23)9-7-21(26(29)32)25(22)20(10-13-31)16-2-5-19(28)6-3-16/h2-3,5-7,9,15,18,20,31H,4,8,10-14H2,1H3,(H2,29,32)/t18?,20-/m1/s1. The highest BCUT2D eigenvalue weighted by atomic mass is 79.9. The Morgan fingerprint density at radius 2 is 2.00 bits per heavy atom. The van der Waals surface area contributed by atoms with Gasteiger partial charge < -0.3 is 10.8 Å². The fraction of sp³-hybridized carbons (Fsp3) is 0.407. The minimum atomic E-state index is -0.442. The second kappa shape index (κ2) is 8.27. The van der Waals surface area contributed by atoms with Crippen molar-refractivity contribution < 1.29 is 9.90 Å². The number of halogens is 1. The first-order valence-electron chi connectivity index (χ1n) is 11.5. The monoisotopic (exact) mass is 492 g/mol. The second-order valence-electron chi connectivity index (χ2n) is 9.76. The van der Waals surface area contributed by atoms with Gasteiger partial charge in [-0.3, -0.25) is 9.78 Å². The molecular formula is C27H29BrN2O2. The number of hydrogen-bond acceptors (Lipinski definition) is 3. The molecule has 2 aliphatic rings. The Morgan fingerprint density at radius 1 is 1.25 bits per heavy atom. The summed E-state index contributed by atoms with van der Waals surface area (Å²) in [5.41, 5.74) is 12.2. The van der Waals surface area contributed by atoms with Crippen molar-refractivity contribution in [3.63, 3.8) is 0 Å². The molecule has 2 aromatic carbocycles. The van der Waals surface area contributed by atoms with Crippen LogP contribution in [-0.2, 0) is 12.8 Å². The van der Waals surface area contributed by atoms with Crippen molar-refractivity contribution in [2.75, 3.05) is 6.61 Å². The van der Waals surface area contributed by atoms with Crippen LogP contribution in [0.5, 0.6) is 0 Å². The lowest BCUT2D eigenvalue weighted by Gasteiger charge is -2.30. The number of primary amides is 1. The number of fused-ring (bicyclic) bond motifs is 2. The van der Waals surface area contributed by atoms with E-state index in [1.54, 1.807) is 6.07 Å². The van der Waals surface area contributed by atoms with E-state index in [4.69, 9.17) is 10.7 Å². The third kappa shape index (κ3) is 3.86. The lowest BCUT2D eigenvalue weighted by Crippen LogP contribution is -2.23. The number of aromatic nitrogens is 1.